The molecule has 1 saturated heterocycles. The maximum absolute atomic E-state index is 5.45. The van der Waals surface area contributed by atoms with Crippen LogP contribution in [0, 0.1) is 0 Å². The molecule has 1 aromatic heterocycles. The molecule has 1 fully saturated rings. The fourth-order valence-corrected chi connectivity index (χ4v) is 4.47. The van der Waals surface area contributed by atoms with Gasteiger partial charge in [0, 0.05) is 0 Å². The van der Waals surface area contributed by atoms with Gasteiger partial charge in [0.1, 0.15) is 0 Å². The topological polar surface area (TPSA) is 31.4 Å². The molecular weight excluding hydrogens is 309 g/mol. The van der Waals surface area contributed by atoms with Gasteiger partial charge in [0.05, 0.1) is 0 Å². The first kappa shape index (κ1) is 12.5. The first-order chi connectivity index (χ1) is 8.79. The Balaban J connectivity index is 2.11. The van der Waals surface area contributed by atoms with Gasteiger partial charge in [0.2, 0.25) is 0 Å². The third-order valence-corrected chi connectivity index (χ3v) is 5.38. The van der Waals surface area contributed by atoms with Crippen LogP contribution in [-0.4, -0.2) is 42.2 Å². The molecule has 0 saturated carbocycles. The summed E-state index contributed by atoms with van der Waals surface area (Å²) in [4.78, 5) is 4.63. The van der Waals surface area contributed by atoms with Crippen LogP contribution in [-0.2, 0) is 4.74 Å². The number of benzene rings is 1. The fourth-order valence-electron chi connectivity index (χ4n) is 2.51. The summed E-state index contributed by atoms with van der Waals surface area (Å²) in [5.41, 5.74) is 2.46. The van der Waals surface area contributed by atoms with E-state index in [1.54, 1.807) is 35.3 Å². The van der Waals surface area contributed by atoms with Crippen LogP contribution < -0.4 is 8.53 Å². The normalized spacial score (nSPS) is 17.2. The van der Waals surface area contributed by atoms with Crippen LogP contribution in [0.2, 0.25) is 0 Å². The summed E-state index contributed by atoms with van der Waals surface area (Å²) in [5.74, 6) is 1.50. The van der Waals surface area contributed by atoms with Crippen molar-refractivity contribution < 1.29 is 9.47 Å². The van der Waals surface area contributed by atoms with Crippen LogP contribution >= 0.6 is 11.3 Å². The molecule has 0 N–H and O–H groups in total. The van der Waals surface area contributed by atoms with E-state index < -0.39 is 0 Å². The fraction of sp³-hybridized carbons (Fsp3) is 0.462. The van der Waals surface area contributed by atoms with Crippen LogP contribution in [0.15, 0.2) is 12.1 Å². The number of fused-ring (bicyclic) bond motifs is 1. The molecule has 0 amide bonds. The first-order valence-corrected chi connectivity index (χ1v) is 8.13. The quantitative estimate of drug-likeness (QED) is 0.784. The molecule has 1 atom stereocenters. The Morgan fingerprint density at radius 1 is 1.39 bits per heavy atom. The molecule has 0 radical (unpaired) electrons. The Kier molecular flexibility index (Phi) is 3.60. The van der Waals surface area contributed by atoms with E-state index in [0.717, 1.165) is 41.1 Å². The van der Waals surface area contributed by atoms with Gasteiger partial charge in [-0.15, -0.1) is 0 Å². The van der Waals surface area contributed by atoms with Gasteiger partial charge in [-0.05, 0) is 0 Å². The number of hydrogen-bond acceptors (Lipinski definition) is 4. The van der Waals surface area contributed by atoms with E-state index in [4.69, 9.17) is 9.47 Å². The van der Waals surface area contributed by atoms with Crippen molar-refractivity contribution in [2.75, 3.05) is 20.3 Å². The summed E-state index contributed by atoms with van der Waals surface area (Å²) in [7, 11) is 1.71. The zero-order valence-corrected chi connectivity index (χ0v) is 13.5. The number of thiazole rings is 1. The molecule has 5 heteroatoms. The monoisotopic (exact) mass is 325 g/mol. The zero-order chi connectivity index (χ0) is 12.5. The summed E-state index contributed by atoms with van der Waals surface area (Å²) in [6, 6.07) is 4.26. The summed E-state index contributed by atoms with van der Waals surface area (Å²) in [6.45, 7) is 1.75. The Bertz CT molecular complexity index is 563. The predicted octanol–water partition coefficient (Wildman–Crippen LogP) is 1.46. The van der Waals surface area contributed by atoms with Crippen molar-refractivity contribution >= 4 is 42.2 Å². The SMILES string of the molecule is COc1ccc(C2CCOCC2)c2sc([AsH2])nc12. The minimum absolute atomic E-state index is 0.611. The Morgan fingerprint density at radius 2 is 2.17 bits per heavy atom. The van der Waals surface area contributed by atoms with E-state index in [0.29, 0.717) is 5.92 Å². The van der Waals surface area contributed by atoms with Gasteiger partial charge in [-0.1, -0.05) is 0 Å². The van der Waals surface area contributed by atoms with Crippen molar-refractivity contribution in [1.29, 1.82) is 0 Å². The summed E-state index contributed by atoms with van der Waals surface area (Å²) in [5, 5.41) is 0. The van der Waals surface area contributed by atoms with Gasteiger partial charge in [-0.25, -0.2) is 0 Å². The van der Waals surface area contributed by atoms with Gasteiger partial charge < -0.3 is 0 Å². The molecule has 0 bridgehead atoms. The molecule has 3 rings (SSSR count). The first-order valence-electron chi connectivity index (χ1n) is 6.10. The zero-order valence-electron chi connectivity index (χ0n) is 10.3. The van der Waals surface area contributed by atoms with Gasteiger partial charge in [0.15, 0.2) is 0 Å². The number of aromatic nitrogens is 1. The number of rotatable bonds is 2. The van der Waals surface area contributed by atoms with Crippen LogP contribution in [0.25, 0.3) is 10.2 Å². The van der Waals surface area contributed by atoms with E-state index in [-0.39, 0.29) is 0 Å². The van der Waals surface area contributed by atoms with Crippen molar-refractivity contribution in [2.24, 2.45) is 0 Å². The molecule has 1 aliphatic rings. The Labute approximate surface area is 119 Å². The molecule has 1 aromatic carbocycles. The summed E-state index contributed by atoms with van der Waals surface area (Å²) >= 11 is 3.38. The number of nitrogens with zero attached hydrogens (tertiary/aromatic N) is 1. The molecule has 2 heterocycles. The van der Waals surface area contributed by atoms with Crippen LogP contribution in [0.1, 0.15) is 24.3 Å². The van der Waals surface area contributed by atoms with E-state index in [1.807, 2.05) is 0 Å². The number of methoxy groups -OCH3 is 1. The minimum atomic E-state index is 0.611. The second-order valence-electron chi connectivity index (χ2n) is 4.47. The maximum atomic E-state index is 5.45. The molecular formula is C13H16AsNO2S. The molecule has 0 spiro atoms. The second-order valence-corrected chi connectivity index (χ2v) is 7.53. The van der Waals surface area contributed by atoms with Crippen LogP contribution in [0.5, 0.6) is 5.75 Å². The van der Waals surface area contributed by atoms with Crippen molar-refractivity contribution in [2.45, 2.75) is 18.8 Å². The van der Waals surface area contributed by atoms with Crippen molar-refractivity contribution in [3.63, 3.8) is 0 Å². The Morgan fingerprint density at radius 3 is 2.89 bits per heavy atom. The number of ether oxygens (including phenoxy) is 2. The van der Waals surface area contributed by atoms with E-state index in [9.17, 15) is 0 Å². The van der Waals surface area contributed by atoms with Crippen molar-refractivity contribution in [3.8, 4) is 5.75 Å². The summed E-state index contributed by atoms with van der Waals surface area (Å²) < 4.78 is 13.3. The van der Waals surface area contributed by atoms with Gasteiger partial charge in [0.25, 0.3) is 0 Å². The van der Waals surface area contributed by atoms with E-state index in [2.05, 4.69) is 17.1 Å². The van der Waals surface area contributed by atoms with E-state index >= 15 is 0 Å². The third-order valence-electron chi connectivity index (χ3n) is 3.43. The predicted molar refractivity (Wildman–Crippen MR) is 77.1 cm³/mol. The Hall–Kier alpha value is -0.572. The van der Waals surface area contributed by atoms with Crippen molar-refractivity contribution in [3.05, 3.63) is 17.7 Å². The average molecular weight is 325 g/mol. The molecule has 1 unspecified atom stereocenters. The van der Waals surface area contributed by atoms with Gasteiger partial charge in [-0.3, -0.25) is 0 Å². The average Bonchev–Trinajstić information content (AvgIpc) is 2.80. The van der Waals surface area contributed by atoms with Crippen molar-refractivity contribution in [1.82, 2.24) is 4.98 Å². The molecule has 1 aliphatic heterocycles. The molecule has 96 valence electrons. The number of hydrogen-bond donors (Lipinski definition) is 0. The standard InChI is InChI=1S/C13H16AsNO2S/c1-16-10-3-2-9(8-4-6-17-7-5-8)12-11(10)15-13(14)18-12/h2-3,8H,4-7,14H2,1H3. The third kappa shape index (κ3) is 2.17. The van der Waals surface area contributed by atoms with Gasteiger partial charge in [-0.2, -0.15) is 0 Å². The van der Waals surface area contributed by atoms with Crippen LogP contribution in [0.3, 0.4) is 0 Å². The van der Waals surface area contributed by atoms with E-state index in [1.165, 1.54) is 10.3 Å². The van der Waals surface area contributed by atoms with Crippen LogP contribution in [0.4, 0.5) is 0 Å². The molecule has 3 nitrogen and oxygen atoms in total. The molecule has 0 aliphatic carbocycles. The summed E-state index contributed by atoms with van der Waals surface area (Å²) in [6.07, 6.45) is 2.23. The second kappa shape index (κ2) is 5.20. The molecule has 2 aromatic rings. The van der Waals surface area contributed by atoms with Gasteiger partial charge >= 0.3 is 119 Å². The molecule has 18 heavy (non-hydrogen) atoms.